The predicted molar refractivity (Wildman–Crippen MR) is 102 cm³/mol. The largest absolute Gasteiger partial charge is 0.356 e. The first kappa shape index (κ1) is 16.9. The number of nitrogens with zero attached hydrogens (tertiary/aromatic N) is 6. The molecule has 136 valence electrons. The molecule has 0 bridgehead atoms. The molecule has 7 nitrogen and oxygen atoms in total. The van der Waals surface area contributed by atoms with Crippen molar-refractivity contribution < 1.29 is 0 Å². The first-order chi connectivity index (χ1) is 12.8. The zero-order chi connectivity index (χ0) is 17.8. The van der Waals surface area contributed by atoms with Crippen molar-refractivity contribution in [1.29, 1.82) is 0 Å². The van der Waals surface area contributed by atoms with E-state index < -0.39 is 0 Å². The van der Waals surface area contributed by atoms with Crippen LogP contribution in [0, 0.1) is 0 Å². The lowest BCUT2D eigenvalue weighted by Gasteiger charge is -2.33. The zero-order valence-electron chi connectivity index (χ0n) is 15.2. The second-order valence-corrected chi connectivity index (χ2v) is 6.88. The highest BCUT2D eigenvalue weighted by molar-refractivity contribution is 5.86. The summed E-state index contributed by atoms with van der Waals surface area (Å²) in [6, 6.07) is 4.79. The maximum absolute atomic E-state index is 4.51. The van der Waals surface area contributed by atoms with Gasteiger partial charge in [-0.3, -0.25) is 9.67 Å². The first-order valence-electron chi connectivity index (χ1n) is 9.31. The minimum Gasteiger partial charge on any atom is -0.356 e. The molecule has 1 aliphatic rings. The minimum absolute atomic E-state index is 0.593. The third-order valence-electron chi connectivity index (χ3n) is 5.13. The number of rotatable bonds is 6. The summed E-state index contributed by atoms with van der Waals surface area (Å²) in [4.78, 5) is 15.3. The number of fused-ring (bicyclic) bond motifs is 1. The van der Waals surface area contributed by atoms with Gasteiger partial charge in [-0.25, -0.2) is 9.97 Å². The highest BCUT2D eigenvalue weighted by Crippen LogP contribution is 2.25. The number of piperidine rings is 1. The number of aromatic nitrogens is 5. The van der Waals surface area contributed by atoms with Gasteiger partial charge in [-0.1, -0.05) is 0 Å². The van der Waals surface area contributed by atoms with E-state index in [4.69, 9.17) is 0 Å². The maximum atomic E-state index is 4.51. The van der Waals surface area contributed by atoms with Crippen LogP contribution in [0.15, 0.2) is 37.1 Å². The van der Waals surface area contributed by atoms with Crippen molar-refractivity contribution >= 4 is 16.9 Å². The molecule has 0 radical (unpaired) electrons. The van der Waals surface area contributed by atoms with Gasteiger partial charge in [0, 0.05) is 38.6 Å². The zero-order valence-corrected chi connectivity index (χ0v) is 15.2. The molecule has 7 heteroatoms. The van der Waals surface area contributed by atoms with Crippen molar-refractivity contribution in [2.75, 3.05) is 24.5 Å². The first-order valence-corrected chi connectivity index (χ1v) is 9.31. The average Bonchev–Trinajstić information content (AvgIpc) is 3.08. The lowest BCUT2D eigenvalue weighted by atomic mass is 10.0. The molecular formula is C19H25N7. The topological polar surface area (TPSA) is 71.8 Å². The van der Waals surface area contributed by atoms with Crippen LogP contribution in [0.5, 0.6) is 0 Å². The molecule has 1 aliphatic heterocycles. The van der Waals surface area contributed by atoms with E-state index in [1.165, 1.54) is 5.56 Å². The van der Waals surface area contributed by atoms with E-state index in [9.17, 15) is 0 Å². The average molecular weight is 351 g/mol. The molecule has 0 aromatic carbocycles. The van der Waals surface area contributed by atoms with Crippen LogP contribution in [0.25, 0.3) is 11.0 Å². The van der Waals surface area contributed by atoms with Gasteiger partial charge in [0.2, 0.25) is 0 Å². The predicted octanol–water partition coefficient (Wildman–Crippen LogP) is 1.95. The summed E-state index contributed by atoms with van der Waals surface area (Å²) in [5.74, 6) is 1.01. The van der Waals surface area contributed by atoms with Gasteiger partial charge in [0.25, 0.3) is 0 Å². The van der Waals surface area contributed by atoms with Crippen LogP contribution < -0.4 is 10.2 Å². The smallest absolute Gasteiger partial charge is 0.163 e. The fraction of sp³-hybridized carbons (Fsp3) is 0.474. The Kier molecular flexibility index (Phi) is 5.06. The third kappa shape index (κ3) is 3.67. The van der Waals surface area contributed by atoms with Gasteiger partial charge in [0.15, 0.2) is 5.65 Å². The van der Waals surface area contributed by atoms with E-state index in [2.05, 4.69) is 42.4 Å². The third-order valence-corrected chi connectivity index (χ3v) is 5.13. The molecule has 1 N–H and O–H groups in total. The van der Waals surface area contributed by atoms with E-state index in [-0.39, 0.29) is 0 Å². The molecule has 4 rings (SSSR count). The fourth-order valence-electron chi connectivity index (χ4n) is 3.65. The molecule has 0 amide bonds. The van der Waals surface area contributed by atoms with Gasteiger partial charge in [0.1, 0.15) is 12.1 Å². The molecular weight excluding hydrogens is 326 g/mol. The van der Waals surface area contributed by atoms with Crippen molar-refractivity contribution in [2.24, 2.45) is 7.05 Å². The van der Waals surface area contributed by atoms with Gasteiger partial charge in [-0.15, -0.1) is 0 Å². The van der Waals surface area contributed by atoms with Crippen LogP contribution in [-0.2, 0) is 13.5 Å². The number of nitrogens with one attached hydrogen (secondary N) is 1. The Hall–Kier alpha value is -2.54. The molecule has 4 heterocycles. The Morgan fingerprint density at radius 1 is 1.15 bits per heavy atom. The summed E-state index contributed by atoms with van der Waals surface area (Å²) < 4.78 is 1.80. The summed E-state index contributed by atoms with van der Waals surface area (Å²) in [7, 11) is 1.92. The van der Waals surface area contributed by atoms with E-state index in [0.29, 0.717) is 6.04 Å². The van der Waals surface area contributed by atoms with Gasteiger partial charge >= 0.3 is 0 Å². The lowest BCUT2D eigenvalue weighted by Crippen LogP contribution is -2.43. The van der Waals surface area contributed by atoms with Crippen molar-refractivity contribution in [3.63, 3.8) is 0 Å². The van der Waals surface area contributed by atoms with Crippen molar-refractivity contribution in [2.45, 2.75) is 31.7 Å². The summed E-state index contributed by atoms with van der Waals surface area (Å²) in [5.41, 5.74) is 2.26. The van der Waals surface area contributed by atoms with Gasteiger partial charge < -0.3 is 10.2 Å². The fourth-order valence-corrected chi connectivity index (χ4v) is 3.65. The van der Waals surface area contributed by atoms with Crippen molar-refractivity contribution in [3.8, 4) is 0 Å². The van der Waals surface area contributed by atoms with E-state index in [1.54, 1.807) is 11.0 Å². The Morgan fingerprint density at radius 3 is 2.77 bits per heavy atom. The SMILES string of the molecule is Cn1ncc2c(N3CCC(NCCCc4ccncc4)CC3)ncnc21. The van der Waals surface area contributed by atoms with Crippen molar-refractivity contribution in [1.82, 2.24) is 30.0 Å². The Morgan fingerprint density at radius 2 is 1.96 bits per heavy atom. The van der Waals surface area contributed by atoms with Crippen molar-refractivity contribution in [3.05, 3.63) is 42.6 Å². The normalized spacial score (nSPS) is 15.7. The highest BCUT2D eigenvalue weighted by atomic mass is 15.3. The van der Waals surface area contributed by atoms with Crippen LogP contribution in [0.4, 0.5) is 5.82 Å². The van der Waals surface area contributed by atoms with E-state index in [1.807, 2.05) is 25.6 Å². The number of aryl methyl sites for hydroxylation is 2. The summed E-state index contributed by atoms with van der Waals surface area (Å²) in [6.07, 6.45) is 11.8. The monoisotopic (exact) mass is 351 g/mol. The molecule has 3 aromatic rings. The lowest BCUT2D eigenvalue weighted by molar-refractivity contribution is 0.412. The van der Waals surface area contributed by atoms with Crippen LogP contribution in [0.3, 0.4) is 0 Å². The number of hydrogen-bond acceptors (Lipinski definition) is 6. The highest BCUT2D eigenvalue weighted by Gasteiger charge is 2.22. The Balaban J connectivity index is 1.26. The molecule has 0 spiro atoms. The van der Waals surface area contributed by atoms with Gasteiger partial charge in [-0.2, -0.15) is 5.10 Å². The number of anilines is 1. The molecule has 0 aliphatic carbocycles. The molecule has 1 saturated heterocycles. The van der Waals surface area contributed by atoms with Crippen LogP contribution in [-0.4, -0.2) is 50.4 Å². The second-order valence-electron chi connectivity index (χ2n) is 6.88. The van der Waals surface area contributed by atoms with E-state index >= 15 is 0 Å². The van der Waals surface area contributed by atoms with Crippen LogP contribution in [0.1, 0.15) is 24.8 Å². The van der Waals surface area contributed by atoms with Gasteiger partial charge in [0.05, 0.1) is 11.6 Å². The maximum Gasteiger partial charge on any atom is 0.163 e. The molecule has 0 unspecified atom stereocenters. The van der Waals surface area contributed by atoms with Gasteiger partial charge in [-0.05, 0) is 49.9 Å². The molecule has 0 saturated carbocycles. The number of hydrogen-bond donors (Lipinski definition) is 1. The summed E-state index contributed by atoms with van der Waals surface area (Å²) in [6.45, 7) is 3.10. The molecule has 26 heavy (non-hydrogen) atoms. The van der Waals surface area contributed by atoms with Crippen LogP contribution in [0.2, 0.25) is 0 Å². The second kappa shape index (κ2) is 7.78. The van der Waals surface area contributed by atoms with E-state index in [0.717, 1.165) is 62.2 Å². The minimum atomic E-state index is 0.593. The summed E-state index contributed by atoms with van der Waals surface area (Å²) >= 11 is 0. The quantitative estimate of drug-likeness (QED) is 0.685. The Labute approximate surface area is 153 Å². The molecule has 3 aromatic heterocycles. The molecule has 1 fully saturated rings. The summed E-state index contributed by atoms with van der Waals surface area (Å²) in [5, 5.41) is 9.07. The Bertz CT molecular complexity index is 837. The number of pyridine rings is 1. The van der Waals surface area contributed by atoms with Crippen LogP contribution >= 0.6 is 0 Å². The molecule has 0 atom stereocenters. The standard InChI is InChI=1S/C19H25N7/c1-25-18-17(13-24-25)19(23-14-22-18)26-11-6-16(7-12-26)21-8-2-3-15-4-9-20-10-5-15/h4-5,9-10,13-14,16,21H,2-3,6-8,11-12H2,1H3.